The smallest absolute Gasteiger partial charge is 0.407 e. The molecule has 2 aromatic carbocycles. The Morgan fingerprint density at radius 2 is 1.98 bits per heavy atom. The zero-order valence-corrected chi connectivity index (χ0v) is 22.5. The molecule has 2 N–H and O–H groups in total. The molecule has 1 aromatic heterocycles. The molecule has 2 atom stereocenters. The van der Waals surface area contributed by atoms with Gasteiger partial charge in [-0.2, -0.15) is 15.2 Å². The van der Waals surface area contributed by atoms with E-state index in [1.54, 1.807) is 0 Å². The lowest BCUT2D eigenvalue weighted by molar-refractivity contribution is 0.0194. The first kappa shape index (κ1) is 27.0. The van der Waals surface area contributed by atoms with Crippen molar-refractivity contribution in [3.05, 3.63) is 53.7 Å². The van der Waals surface area contributed by atoms with Crippen LogP contribution >= 0.6 is 0 Å². The standard InChI is InChI=1S/C29H31F2N7O3/c30-29(31)14-20(33-18-29)17-41-27-34-24-16-36(25-7-3-5-19-4-1-2-6-22(19)25)11-9-23(24)26(35-27)37-12-13-38(28(39)40)21(15-37)8-10-32/h1-7,20-21,33H,8-9,11-18H2,(H,39,40). The van der Waals surface area contributed by atoms with Gasteiger partial charge in [0.1, 0.15) is 12.4 Å². The van der Waals surface area contributed by atoms with Crippen LogP contribution in [0.5, 0.6) is 6.01 Å². The first-order valence-corrected chi connectivity index (χ1v) is 13.8. The number of hydrogen-bond acceptors (Lipinski definition) is 8. The second-order valence-corrected chi connectivity index (χ2v) is 10.8. The quantitative estimate of drug-likeness (QED) is 0.463. The average molecular weight is 564 g/mol. The number of amides is 1. The van der Waals surface area contributed by atoms with Crippen LogP contribution in [0, 0.1) is 11.3 Å². The summed E-state index contributed by atoms with van der Waals surface area (Å²) in [7, 11) is 0. The van der Waals surface area contributed by atoms with Crippen molar-refractivity contribution >= 4 is 28.4 Å². The van der Waals surface area contributed by atoms with Crippen LogP contribution in [-0.2, 0) is 13.0 Å². The molecule has 2 saturated heterocycles. The molecule has 0 bridgehead atoms. The molecule has 0 saturated carbocycles. The Hall–Kier alpha value is -4.24. The van der Waals surface area contributed by atoms with Crippen molar-refractivity contribution in [2.75, 3.05) is 49.1 Å². The molecule has 4 heterocycles. The van der Waals surface area contributed by atoms with Crippen molar-refractivity contribution in [3.8, 4) is 12.1 Å². The van der Waals surface area contributed by atoms with E-state index in [0.29, 0.717) is 31.9 Å². The predicted octanol–water partition coefficient (Wildman–Crippen LogP) is 3.65. The van der Waals surface area contributed by atoms with E-state index in [9.17, 15) is 23.9 Å². The van der Waals surface area contributed by atoms with E-state index in [2.05, 4.69) is 40.6 Å². The van der Waals surface area contributed by atoms with Gasteiger partial charge in [-0.25, -0.2) is 13.6 Å². The Bertz CT molecular complexity index is 1490. The van der Waals surface area contributed by atoms with Gasteiger partial charge in [0.25, 0.3) is 5.92 Å². The van der Waals surface area contributed by atoms with E-state index >= 15 is 0 Å². The number of carbonyl (C=O) groups is 1. The van der Waals surface area contributed by atoms with Crippen LogP contribution in [0.2, 0.25) is 0 Å². The molecule has 0 aliphatic carbocycles. The molecule has 2 unspecified atom stereocenters. The SMILES string of the molecule is N#CCC1CN(c2nc(OCC3CC(F)(F)CN3)nc3c2CCN(c2cccc4ccccc24)C3)CCN1C(=O)O. The minimum atomic E-state index is -2.77. The maximum atomic E-state index is 13.7. The molecular formula is C29H31F2N7O3. The number of hydrogen-bond donors (Lipinski definition) is 2. The van der Waals surface area contributed by atoms with Gasteiger partial charge in [-0.05, 0) is 17.9 Å². The minimum Gasteiger partial charge on any atom is -0.465 e. The molecule has 10 nitrogen and oxygen atoms in total. The summed E-state index contributed by atoms with van der Waals surface area (Å²) in [6.45, 7) is 1.81. The number of alkyl halides is 2. The van der Waals surface area contributed by atoms with Gasteiger partial charge in [-0.3, -0.25) is 0 Å². The van der Waals surface area contributed by atoms with E-state index in [1.165, 1.54) is 4.90 Å². The molecule has 6 rings (SSSR count). The van der Waals surface area contributed by atoms with E-state index in [0.717, 1.165) is 34.3 Å². The highest BCUT2D eigenvalue weighted by molar-refractivity contribution is 5.94. The Labute approximate surface area is 236 Å². The molecule has 3 aliphatic rings. The number of carboxylic acid groups (broad SMARTS) is 1. The number of benzene rings is 2. The first-order chi connectivity index (χ1) is 19.8. The fourth-order valence-electron chi connectivity index (χ4n) is 6.08. The highest BCUT2D eigenvalue weighted by atomic mass is 19.3. The number of rotatable bonds is 6. The number of nitrogens with zero attached hydrogens (tertiary/aromatic N) is 6. The van der Waals surface area contributed by atoms with Gasteiger partial charge in [-0.15, -0.1) is 0 Å². The zero-order chi connectivity index (χ0) is 28.6. The lowest BCUT2D eigenvalue weighted by Gasteiger charge is -2.41. The first-order valence-electron chi connectivity index (χ1n) is 13.8. The number of aromatic nitrogens is 2. The summed E-state index contributed by atoms with van der Waals surface area (Å²) in [6.07, 6.45) is -0.639. The highest BCUT2D eigenvalue weighted by Crippen LogP contribution is 2.35. The molecule has 0 spiro atoms. The van der Waals surface area contributed by atoms with Crippen molar-refractivity contribution in [2.24, 2.45) is 0 Å². The van der Waals surface area contributed by atoms with Gasteiger partial charge in [-0.1, -0.05) is 36.4 Å². The van der Waals surface area contributed by atoms with Crippen molar-refractivity contribution in [2.45, 2.75) is 43.8 Å². The third-order valence-electron chi connectivity index (χ3n) is 8.09. The van der Waals surface area contributed by atoms with Crippen molar-refractivity contribution in [3.63, 3.8) is 0 Å². The van der Waals surface area contributed by atoms with Gasteiger partial charge in [0.15, 0.2) is 0 Å². The maximum Gasteiger partial charge on any atom is 0.407 e. The molecule has 3 aromatic rings. The second kappa shape index (κ2) is 11.0. The average Bonchev–Trinajstić information content (AvgIpc) is 3.33. The maximum absolute atomic E-state index is 13.7. The van der Waals surface area contributed by atoms with Crippen LogP contribution in [0.15, 0.2) is 42.5 Å². The van der Waals surface area contributed by atoms with Crippen molar-refractivity contribution < 1.29 is 23.4 Å². The van der Waals surface area contributed by atoms with Gasteiger partial charge in [0.05, 0.1) is 37.3 Å². The van der Waals surface area contributed by atoms with Gasteiger partial charge >= 0.3 is 12.1 Å². The number of piperazine rings is 1. The van der Waals surface area contributed by atoms with E-state index in [1.807, 2.05) is 23.1 Å². The second-order valence-electron chi connectivity index (χ2n) is 10.8. The Morgan fingerprint density at radius 3 is 2.76 bits per heavy atom. The fraction of sp³-hybridized carbons (Fsp3) is 0.448. The molecule has 12 heteroatoms. The Morgan fingerprint density at radius 1 is 1.15 bits per heavy atom. The predicted molar refractivity (Wildman–Crippen MR) is 149 cm³/mol. The molecule has 0 radical (unpaired) electrons. The van der Waals surface area contributed by atoms with E-state index < -0.39 is 24.1 Å². The zero-order valence-electron chi connectivity index (χ0n) is 22.5. The molecule has 41 heavy (non-hydrogen) atoms. The van der Waals surface area contributed by atoms with Crippen LogP contribution in [0.3, 0.4) is 0 Å². The summed E-state index contributed by atoms with van der Waals surface area (Å²) in [6, 6.07) is 15.6. The summed E-state index contributed by atoms with van der Waals surface area (Å²) in [5.74, 6) is -2.12. The van der Waals surface area contributed by atoms with Crippen LogP contribution < -0.4 is 19.9 Å². The summed E-state index contributed by atoms with van der Waals surface area (Å²) in [4.78, 5) is 26.8. The van der Waals surface area contributed by atoms with Crippen LogP contribution in [-0.4, -0.2) is 83.4 Å². The van der Waals surface area contributed by atoms with Gasteiger partial charge < -0.3 is 29.9 Å². The van der Waals surface area contributed by atoms with Gasteiger partial charge in [0, 0.05) is 55.3 Å². The minimum absolute atomic E-state index is 0.00467. The van der Waals surface area contributed by atoms with Gasteiger partial charge in [0.2, 0.25) is 0 Å². The van der Waals surface area contributed by atoms with Crippen LogP contribution in [0.4, 0.5) is 25.1 Å². The number of ether oxygens (including phenoxy) is 1. The fourth-order valence-corrected chi connectivity index (χ4v) is 6.08. The summed E-state index contributed by atoms with van der Waals surface area (Å²) in [5, 5.41) is 24.1. The normalized spacial score (nSPS) is 21.9. The summed E-state index contributed by atoms with van der Waals surface area (Å²) in [5.41, 5.74) is 2.84. The molecule has 3 aliphatic heterocycles. The topological polar surface area (TPSA) is 118 Å². The van der Waals surface area contributed by atoms with Crippen molar-refractivity contribution in [1.82, 2.24) is 20.2 Å². The largest absolute Gasteiger partial charge is 0.465 e. The molecule has 2 fully saturated rings. The molecule has 214 valence electrons. The van der Waals surface area contributed by atoms with Crippen LogP contribution in [0.1, 0.15) is 24.1 Å². The summed E-state index contributed by atoms with van der Waals surface area (Å²) < 4.78 is 33.4. The lowest BCUT2D eigenvalue weighted by atomic mass is 10.0. The summed E-state index contributed by atoms with van der Waals surface area (Å²) >= 11 is 0. The third-order valence-corrected chi connectivity index (χ3v) is 8.09. The lowest BCUT2D eigenvalue weighted by Crippen LogP contribution is -2.55. The number of anilines is 2. The Balaban J connectivity index is 1.32. The number of halogens is 2. The molecular weight excluding hydrogens is 532 g/mol. The Kier molecular flexibility index (Phi) is 7.21. The number of fused-ring (bicyclic) bond motifs is 2. The number of nitrogens with one attached hydrogen (secondary N) is 1. The monoisotopic (exact) mass is 563 g/mol. The molecule has 1 amide bonds. The highest BCUT2D eigenvalue weighted by Gasteiger charge is 2.40. The van der Waals surface area contributed by atoms with Crippen molar-refractivity contribution in [1.29, 1.82) is 5.26 Å². The van der Waals surface area contributed by atoms with E-state index in [4.69, 9.17) is 14.7 Å². The number of nitriles is 1. The van der Waals surface area contributed by atoms with E-state index in [-0.39, 0.29) is 38.5 Å². The third kappa shape index (κ3) is 5.54. The van der Waals surface area contributed by atoms with Crippen LogP contribution in [0.25, 0.3) is 10.8 Å².